The molecular weight excluding hydrogens is 324 g/mol. The van der Waals surface area contributed by atoms with Gasteiger partial charge in [0.05, 0.1) is 6.61 Å². The summed E-state index contributed by atoms with van der Waals surface area (Å²) in [6.07, 6.45) is 0. The fraction of sp³-hybridized carbons (Fsp3) is 0.357. The third-order valence-corrected chi connectivity index (χ3v) is 3.55. The Morgan fingerprint density at radius 2 is 2.18 bits per heavy atom. The van der Waals surface area contributed by atoms with Gasteiger partial charge >= 0.3 is 0 Å². The number of nitrogens with one attached hydrogen (secondary N) is 2. The van der Waals surface area contributed by atoms with Crippen molar-refractivity contribution in [3.63, 3.8) is 0 Å². The molecule has 1 amide bonds. The Morgan fingerprint density at radius 3 is 2.82 bits per heavy atom. The molecular formula is C14H17ClN4O2S. The zero-order valence-corrected chi connectivity index (χ0v) is 13.9. The second-order valence-electron chi connectivity index (χ2n) is 4.87. The lowest BCUT2D eigenvalue weighted by atomic mass is 10.2. The first-order chi connectivity index (χ1) is 10.5. The molecule has 0 radical (unpaired) electrons. The number of amides is 1. The van der Waals surface area contributed by atoms with Crippen LogP contribution in [0.15, 0.2) is 24.3 Å². The van der Waals surface area contributed by atoms with Gasteiger partial charge in [-0.05, 0) is 43.4 Å². The quantitative estimate of drug-likeness (QED) is 0.792. The highest BCUT2D eigenvalue weighted by Gasteiger charge is 2.13. The van der Waals surface area contributed by atoms with Gasteiger partial charge in [-0.25, -0.2) is 0 Å². The van der Waals surface area contributed by atoms with Crippen LogP contribution in [0.5, 0.6) is 0 Å². The lowest BCUT2D eigenvalue weighted by Gasteiger charge is -2.13. The number of carbonyl (C=O) groups excluding carboxylic acids is 1. The van der Waals surface area contributed by atoms with Crippen molar-refractivity contribution in [3.8, 4) is 11.4 Å². The molecule has 0 bridgehead atoms. The van der Waals surface area contributed by atoms with Crippen LogP contribution in [0.4, 0.5) is 0 Å². The number of methoxy groups -OCH3 is 1. The zero-order chi connectivity index (χ0) is 16.1. The van der Waals surface area contributed by atoms with Crippen molar-refractivity contribution in [3.05, 3.63) is 34.1 Å². The number of aromatic amines is 1. The molecule has 2 N–H and O–H groups in total. The van der Waals surface area contributed by atoms with E-state index in [9.17, 15) is 4.79 Å². The maximum Gasteiger partial charge on any atom is 0.240 e. The van der Waals surface area contributed by atoms with Crippen LogP contribution < -0.4 is 5.32 Å². The van der Waals surface area contributed by atoms with Gasteiger partial charge in [-0.15, -0.1) is 0 Å². The minimum absolute atomic E-state index is 0.0717. The largest absolute Gasteiger partial charge is 0.383 e. The van der Waals surface area contributed by atoms with Crippen molar-refractivity contribution in [2.24, 2.45) is 0 Å². The number of hydrogen-bond acceptors (Lipinski definition) is 4. The van der Waals surface area contributed by atoms with Crippen LogP contribution in [-0.2, 0) is 16.1 Å². The van der Waals surface area contributed by atoms with E-state index in [1.165, 1.54) is 0 Å². The van der Waals surface area contributed by atoms with Crippen LogP contribution in [0.25, 0.3) is 11.4 Å². The molecule has 1 heterocycles. The maximum atomic E-state index is 12.1. The molecule has 0 saturated carbocycles. The van der Waals surface area contributed by atoms with E-state index in [4.69, 9.17) is 28.6 Å². The summed E-state index contributed by atoms with van der Waals surface area (Å²) >= 11 is 11.1. The number of aromatic nitrogens is 3. The molecule has 0 aliphatic heterocycles. The van der Waals surface area contributed by atoms with E-state index in [-0.39, 0.29) is 18.5 Å². The fourth-order valence-corrected chi connectivity index (χ4v) is 2.36. The van der Waals surface area contributed by atoms with Crippen molar-refractivity contribution in [1.82, 2.24) is 20.1 Å². The molecule has 2 aromatic rings. The lowest BCUT2D eigenvalue weighted by Crippen LogP contribution is -2.37. The Kier molecular flexibility index (Phi) is 5.70. The van der Waals surface area contributed by atoms with Gasteiger partial charge < -0.3 is 10.1 Å². The summed E-state index contributed by atoms with van der Waals surface area (Å²) < 4.78 is 7.03. The highest BCUT2D eigenvalue weighted by molar-refractivity contribution is 7.71. The Bertz CT molecular complexity index is 696. The van der Waals surface area contributed by atoms with Crippen molar-refractivity contribution in [2.45, 2.75) is 19.5 Å². The van der Waals surface area contributed by atoms with Gasteiger partial charge in [0.15, 0.2) is 10.6 Å². The molecule has 6 nitrogen and oxygen atoms in total. The topological polar surface area (TPSA) is 71.9 Å². The van der Waals surface area contributed by atoms with Crippen molar-refractivity contribution in [2.75, 3.05) is 13.7 Å². The van der Waals surface area contributed by atoms with Crippen LogP contribution in [0.3, 0.4) is 0 Å². The minimum Gasteiger partial charge on any atom is -0.383 e. The Morgan fingerprint density at radius 1 is 1.50 bits per heavy atom. The summed E-state index contributed by atoms with van der Waals surface area (Å²) in [6, 6.07) is 7.11. The highest BCUT2D eigenvalue weighted by Crippen LogP contribution is 2.19. The molecule has 22 heavy (non-hydrogen) atoms. The molecule has 2 rings (SSSR count). The van der Waals surface area contributed by atoms with Crippen molar-refractivity contribution >= 4 is 29.7 Å². The zero-order valence-electron chi connectivity index (χ0n) is 12.3. The monoisotopic (exact) mass is 340 g/mol. The first kappa shape index (κ1) is 16.7. The van der Waals surface area contributed by atoms with Gasteiger partial charge in [0.1, 0.15) is 6.54 Å². The summed E-state index contributed by atoms with van der Waals surface area (Å²) in [4.78, 5) is 12.1. The first-order valence-corrected chi connectivity index (χ1v) is 7.49. The highest BCUT2D eigenvalue weighted by atomic mass is 35.5. The minimum atomic E-state index is -0.155. The fourth-order valence-electron chi connectivity index (χ4n) is 2.04. The smallest absolute Gasteiger partial charge is 0.240 e. The van der Waals surface area contributed by atoms with E-state index in [1.54, 1.807) is 23.8 Å². The Hall–Kier alpha value is -1.70. The molecule has 0 fully saturated rings. The van der Waals surface area contributed by atoms with Crippen LogP contribution in [-0.4, -0.2) is 40.4 Å². The first-order valence-electron chi connectivity index (χ1n) is 6.70. The number of hydrogen-bond donors (Lipinski definition) is 2. The lowest BCUT2D eigenvalue weighted by molar-refractivity contribution is -0.122. The van der Waals surface area contributed by atoms with E-state index in [0.29, 0.717) is 22.2 Å². The third kappa shape index (κ3) is 4.16. The SMILES string of the molecule is COCC(C)NC(=O)Cn1c(-c2ccc(Cl)cc2)n[nH]c1=S. The number of benzene rings is 1. The van der Waals surface area contributed by atoms with E-state index < -0.39 is 0 Å². The summed E-state index contributed by atoms with van der Waals surface area (Å²) in [5.41, 5.74) is 0.828. The number of nitrogens with zero attached hydrogens (tertiary/aromatic N) is 2. The second-order valence-corrected chi connectivity index (χ2v) is 5.69. The molecule has 1 unspecified atom stereocenters. The van der Waals surface area contributed by atoms with Crippen LogP contribution >= 0.6 is 23.8 Å². The van der Waals surface area contributed by atoms with Gasteiger partial charge in [0, 0.05) is 23.7 Å². The van der Waals surface area contributed by atoms with Gasteiger partial charge in [-0.3, -0.25) is 14.5 Å². The molecule has 0 aliphatic rings. The number of halogens is 1. The van der Waals surface area contributed by atoms with Gasteiger partial charge in [-0.1, -0.05) is 11.6 Å². The standard InChI is InChI=1S/C14H17ClN4O2S/c1-9(8-21-2)16-12(20)7-19-13(17-18-14(19)22)10-3-5-11(15)6-4-10/h3-6,9H,7-8H2,1-2H3,(H,16,20)(H,18,22). The number of ether oxygens (including phenoxy) is 1. The average Bonchev–Trinajstić information content (AvgIpc) is 2.81. The molecule has 118 valence electrons. The molecule has 0 spiro atoms. The second kappa shape index (κ2) is 7.53. The summed E-state index contributed by atoms with van der Waals surface area (Å²) in [5, 5.41) is 10.4. The predicted molar refractivity (Wildman–Crippen MR) is 87.3 cm³/mol. The van der Waals surface area contributed by atoms with E-state index in [1.807, 2.05) is 19.1 Å². The Balaban J connectivity index is 2.18. The average molecular weight is 341 g/mol. The Labute approximate surface area is 138 Å². The summed E-state index contributed by atoms with van der Waals surface area (Å²) in [7, 11) is 1.59. The molecule has 0 aliphatic carbocycles. The van der Waals surface area contributed by atoms with E-state index >= 15 is 0 Å². The van der Waals surface area contributed by atoms with Crippen LogP contribution in [0.1, 0.15) is 6.92 Å². The van der Waals surface area contributed by atoms with Crippen LogP contribution in [0.2, 0.25) is 5.02 Å². The maximum absolute atomic E-state index is 12.1. The third-order valence-electron chi connectivity index (χ3n) is 2.99. The summed E-state index contributed by atoms with van der Waals surface area (Å²) in [5.74, 6) is 0.438. The van der Waals surface area contributed by atoms with Crippen LogP contribution in [0, 0.1) is 4.77 Å². The molecule has 1 aromatic carbocycles. The van der Waals surface area contributed by atoms with Gasteiger partial charge in [0.25, 0.3) is 0 Å². The molecule has 8 heteroatoms. The number of H-pyrrole nitrogens is 1. The molecule has 0 saturated heterocycles. The number of carbonyl (C=O) groups is 1. The molecule has 1 aromatic heterocycles. The van der Waals surface area contributed by atoms with Crippen molar-refractivity contribution < 1.29 is 9.53 Å². The van der Waals surface area contributed by atoms with E-state index in [0.717, 1.165) is 5.56 Å². The van der Waals surface area contributed by atoms with E-state index in [2.05, 4.69) is 15.5 Å². The number of rotatable bonds is 6. The van der Waals surface area contributed by atoms with Gasteiger partial charge in [0.2, 0.25) is 5.91 Å². The normalized spacial score (nSPS) is 12.1. The van der Waals surface area contributed by atoms with Crippen molar-refractivity contribution in [1.29, 1.82) is 0 Å². The van der Waals surface area contributed by atoms with Gasteiger partial charge in [-0.2, -0.15) is 5.10 Å². The predicted octanol–water partition coefficient (Wildman–Crippen LogP) is 2.41. The molecule has 1 atom stereocenters. The summed E-state index contributed by atoms with van der Waals surface area (Å²) in [6.45, 7) is 2.41.